The molecule has 0 heterocycles. The maximum absolute atomic E-state index is 13.5. The zero-order valence-corrected chi connectivity index (χ0v) is 49.9. The van der Waals surface area contributed by atoms with Crippen LogP contribution in [0.25, 0.3) is 0 Å². The van der Waals surface area contributed by atoms with Crippen LogP contribution in [0.4, 0.5) is 0 Å². The lowest BCUT2D eigenvalue weighted by Crippen LogP contribution is -2.47. The zero-order chi connectivity index (χ0) is 55.0. The van der Waals surface area contributed by atoms with Crippen LogP contribution in [0.3, 0.4) is 0 Å². The zero-order valence-electron chi connectivity index (χ0n) is 49.0. The van der Waals surface area contributed by atoms with Crippen LogP contribution in [0.2, 0.25) is 0 Å². The average molecular weight is 1070 g/mol. The van der Waals surface area contributed by atoms with Crippen LogP contribution in [0.5, 0.6) is 0 Å². The van der Waals surface area contributed by atoms with Crippen LogP contribution >= 0.6 is 7.82 Å². The molecule has 3 unspecified atom stereocenters. The minimum Gasteiger partial charge on any atom is -0.456 e. The highest BCUT2D eigenvalue weighted by atomic mass is 31.2. The van der Waals surface area contributed by atoms with E-state index in [-0.39, 0.29) is 37.9 Å². The number of unbranched alkanes of at least 4 members (excludes halogenated alkanes) is 22. The highest BCUT2D eigenvalue weighted by Gasteiger charge is 2.30. The lowest BCUT2D eigenvalue weighted by atomic mass is 10.1. The highest BCUT2D eigenvalue weighted by Crippen LogP contribution is 2.43. The molecule has 0 aliphatic heterocycles. The van der Waals surface area contributed by atoms with Crippen molar-refractivity contribution < 1.29 is 37.3 Å². The number of amides is 1. The summed E-state index contributed by atoms with van der Waals surface area (Å²) in [5.41, 5.74) is 0. The molecule has 0 aromatic heterocycles. The molecule has 0 aliphatic rings. The highest BCUT2D eigenvalue weighted by molar-refractivity contribution is 7.47. The summed E-state index contributed by atoms with van der Waals surface area (Å²) in [5.74, 6) is -0.593. The van der Waals surface area contributed by atoms with Crippen molar-refractivity contribution in [1.29, 1.82) is 0 Å². The minimum absolute atomic E-state index is 0.0226. The van der Waals surface area contributed by atoms with Crippen LogP contribution < -0.4 is 5.32 Å². The number of rotatable bonds is 53. The number of ether oxygens (including phenoxy) is 1. The van der Waals surface area contributed by atoms with Crippen molar-refractivity contribution in [2.45, 2.75) is 251 Å². The Kier molecular flexibility index (Phi) is 51.6. The average Bonchev–Trinajstić information content (AvgIpc) is 3.37. The number of nitrogens with one attached hydrogen (secondary N) is 1. The third-order valence-electron chi connectivity index (χ3n) is 12.7. The fraction of sp³-hybridized carbons (Fsp3) is 0.692. The lowest BCUT2D eigenvalue weighted by Gasteiger charge is -2.27. The molecule has 0 spiro atoms. The van der Waals surface area contributed by atoms with Gasteiger partial charge in [-0.05, 0) is 109 Å². The second kappa shape index (κ2) is 54.0. The Morgan fingerprint density at radius 3 is 1.37 bits per heavy atom. The monoisotopic (exact) mass is 1070 g/mol. The Morgan fingerprint density at radius 1 is 0.493 bits per heavy atom. The van der Waals surface area contributed by atoms with E-state index < -0.39 is 20.0 Å². The quantitative estimate of drug-likeness (QED) is 0.0156. The van der Waals surface area contributed by atoms with Gasteiger partial charge in [-0.2, -0.15) is 0 Å². The molecule has 0 bridgehead atoms. The van der Waals surface area contributed by atoms with Crippen molar-refractivity contribution in [3.8, 4) is 0 Å². The minimum atomic E-state index is -4.47. The Balaban J connectivity index is 5.42. The van der Waals surface area contributed by atoms with E-state index in [1.165, 1.54) is 96.3 Å². The Hall–Kier alpha value is -3.33. The van der Waals surface area contributed by atoms with Gasteiger partial charge < -0.3 is 19.4 Å². The van der Waals surface area contributed by atoms with Crippen molar-refractivity contribution in [2.24, 2.45) is 0 Å². The molecule has 1 amide bonds. The number of quaternary nitrogens is 1. The second-order valence-electron chi connectivity index (χ2n) is 21.2. The predicted molar refractivity (Wildman–Crippen MR) is 323 cm³/mol. The second-order valence-corrected chi connectivity index (χ2v) is 22.6. The van der Waals surface area contributed by atoms with Crippen molar-refractivity contribution in [1.82, 2.24) is 5.32 Å². The first kappa shape index (κ1) is 71.7. The molecular formula is C65H114N2O7P+. The van der Waals surface area contributed by atoms with E-state index in [0.717, 1.165) is 96.3 Å². The molecule has 0 aliphatic carbocycles. The van der Waals surface area contributed by atoms with E-state index in [2.05, 4.69) is 123 Å². The van der Waals surface area contributed by atoms with E-state index in [1.807, 2.05) is 33.3 Å². The number of allylic oxidation sites excluding steroid dienone is 17. The summed E-state index contributed by atoms with van der Waals surface area (Å²) in [7, 11) is 1.44. The first-order chi connectivity index (χ1) is 36.4. The summed E-state index contributed by atoms with van der Waals surface area (Å²) in [4.78, 5) is 37.6. The van der Waals surface area contributed by atoms with E-state index in [4.69, 9.17) is 13.8 Å². The van der Waals surface area contributed by atoms with Crippen molar-refractivity contribution in [3.05, 3.63) is 109 Å². The van der Waals surface area contributed by atoms with Crippen LogP contribution in [0, 0.1) is 0 Å². The molecule has 9 nitrogen and oxygen atoms in total. The molecule has 430 valence electrons. The van der Waals surface area contributed by atoms with Crippen LogP contribution in [0.1, 0.15) is 239 Å². The molecule has 0 saturated carbocycles. The van der Waals surface area contributed by atoms with Crippen LogP contribution in [0.15, 0.2) is 109 Å². The maximum Gasteiger partial charge on any atom is 0.472 e. The first-order valence-electron chi connectivity index (χ1n) is 30.2. The molecule has 0 fully saturated rings. The molecule has 10 heteroatoms. The van der Waals surface area contributed by atoms with Crippen molar-refractivity contribution >= 4 is 19.7 Å². The largest absolute Gasteiger partial charge is 0.472 e. The number of carbonyl (C=O) groups is 2. The van der Waals surface area contributed by atoms with Gasteiger partial charge in [-0.25, -0.2) is 4.57 Å². The molecule has 0 radical (unpaired) electrons. The SMILES string of the molecule is CC/C=C\C/C=C\C/C=C\C/C=C\C/C=C\C/C=C\CCCCC(=O)OC(/C=C/CCCCCCCCCCCC)C(COP(=O)(O)OCC[N+](C)(C)C)NC(=O)CCCCC/C=C/C=C/CCCCCCCCC. The van der Waals surface area contributed by atoms with Crippen molar-refractivity contribution in [2.75, 3.05) is 40.9 Å². The normalized spacial score (nSPS) is 14.5. The lowest BCUT2D eigenvalue weighted by molar-refractivity contribution is -0.870. The number of likely N-dealkylation sites (N-methyl/N-ethyl adjacent to an activating group) is 1. The number of esters is 1. The standard InChI is InChI=1S/C65H113N2O7P/c1-7-10-13-16-19-22-25-28-30-32-33-34-35-36-38-40-43-46-49-52-55-58-65(69)74-63(56-53-50-47-44-41-27-24-21-18-15-12-9-3)62(61-73-75(70,71)72-60-59-67(4,5)6)66-64(68)57-54-51-48-45-42-39-37-31-29-26-23-20-17-14-11-8-2/h10,13,19,22,28,30-31,33-34,36-39,42-43,46,53,56,62-63H,7-9,11-12,14-18,20-21,23-27,29,32,35,40-41,44-45,47-52,54-55,57-61H2,1-6H3,(H-,66,68,70,71)/p+1/b13-10-,22-19-,30-28-,34-33-,37-31+,38-36-,42-39+,46-43-,56-53+. The Labute approximate surface area is 461 Å². The number of phosphoric acid groups is 1. The number of carbonyl (C=O) groups excluding carboxylic acids is 2. The fourth-order valence-electron chi connectivity index (χ4n) is 8.05. The van der Waals surface area contributed by atoms with Gasteiger partial charge in [0.15, 0.2) is 0 Å². The van der Waals surface area contributed by atoms with Gasteiger partial charge in [0.05, 0.1) is 33.8 Å². The molecule has 0 aromatic rings. The van der Waals surface area contributed by atoms with Gasteiger partial charge in [0.1, 0.15) is 19.3 Å². The van der Waals surface area contributed by atoms with Gasteiger partial charge in [-0.1, -0.05) is 227 Å². The third kappa shape index (κ3) is 55.2. The van der Waals surface area contributed by atoms with E-state index >= 15 is 0 Å². The van der Waals surface area contributed by atoms with Crippen molar-refractivity contribution in [3.63, 3.8) is 0 Å². The summed E-state index contributed by atoms with van der Waals surface area (Å²) in [6.45, 7) is 6.83. The topological polar surface area (TPSA) is 111 Å². The predicted octanol–water partition coefficient (Wildman–Crippen LogP) is 18.6. The van der Waals surface area contributed by atoms with E-state index in [0.29, 0.717) is 23.9 Å². The molecule has 0 saturated heterocycles. The number of phosphoric ester groups is 1. The van der Waals surface area contributed by atoms with Crippen LogP contribution in [-0.4, -0.2) is 74.3 Å². The number of hydrogen-bond donors (Lipinski definition) is 2. The summed E-state index contributed by atoms with van der Waals surface area (Å²) in [5, 5.41) is 3.02. The first-order valence-corrected chi connectivity index (χ1v) is 31.7. The third-order valence-corrected chi connectivity index (χ3v) is 13.7. The molecule has 0 rings (SSSR count). The van der Waals surface area contributed by atoms with Crippen LogP contribution in [-0.2, 0) is 27.9 Å². The molecule has 0 aromatic carbocycles. The van der Waals surface area contributed by atoms with Gasteiger partial charge >= 0.3 is 13.8 Å². The van der Waals surface area contributed by atoms with Gasteiger partial charge in [-0.15, -0.1) is 0 Å². The fourth-order valence-corrected chi connectivity index (χ4v) is 8.79. The number of nitrogens with zero attached hydrogens (tertiary/aromatic N) is 1. The summed E-state index contributed by atoms with van der Waals surface area (Å²) >= 11 is 0. The number of hydrogen-bond acceptors (Lipinski definition) is 6. The van der Waals surface area contributed by atoms with E-state index in [9.17, 15) is 19.0 Å². The molecular weight excluding hydrogens is 952 g/mol. The van der Waals surface area contributed by atoms with E-state index in [1.54, 1.807) is 0 Å². The van der Waals surface area contributed by atoms with Gasteiger partial charge in [0.25, 0.3) is 0 Å². The smallest absolute Gasteiger partial charge is 0.456 e. The molecule has 2 N–H and O–H groups in total. The van der Waals surface area contributed by atoms with Gasteiger partial charge in [-0.3, -0.25) is 18.6 Å². The molecule has 3 atom stereocenters. The Morgan fingerprint density at radius 2 is 0.893 bits per heavy atom. The summed E-state index contributed by atoms with van der Waals surface area (Å²) < 4.78 is 30.6. The van der Waals surface area contributed by atoms with Gasteiger partial charge in [0, 0.05) is 12.8 Å². The summed E-state index contributed by atoms with van der Waals surface area (Å²) in [6, 6.07) is -0.887. The Bertz CT molecular complexity index is 1650. The van der Waals surface area contributed by atoms with Gasteiger partial charge in [0.2, 0.25) is 5.91 Å². The molecule has 75 heavy (non-hydrogen) atoms. The summed E-state index contributed by atoms with van der Waals surface area (Å²) in [6.07, 6.45) is 73.8. The maximum atomic E-state index is 13.5.